The molecule has 5 heteroatoms. The summed E-state index contributed by atoms with van der Waals surface area (Å²) in [7, 11) is 0. The predicted molar refractivity (Wildman–Crippen MR) is 66.7 cm³/mol. The number of fused-ring (bicyclic) bond motifs is 1. The lowest BCUT2D eigenvalue weighted by Gasteiger charge is -2.04. The standard InChI is InChI=1S/C14H10FNO3/c15-10-1-2-12-9(7-10)3-5-16(12)8-13-11(14(17)18)4-6-19-13/h1-7H,8H2,(H,17,18). The Bertz CT molecular complexity index is 757. The highest BCUT2D eigenvalue weighted by molar-refractivity contribution is 5.88. The smallest absolute Gasteiger partial charge is 0.339 e. The molecule has 2 heterocycles. The Balaban J connectivity index is 2.01. The van der Waals surface area contributed by atoms with Gasteiger partial charge >= 0.3 is 5.97 Å². The van der Waals surface area contributed by atoms with Crippen LogP contribution in [0.1, 0.15) is 16.1 Å². The van der Waals surface area contributed by atoms with Crippen LogP contribution in [0, 0.1) is 5.82 Å². The van der Waals surface area contributed by atoms with Crippen LogP contribution in [0.15, 0.2) is 47.2 Å². The number of furan rings is 1. The molecule has 0 aliphatic carbocycles. The maximum absolute atomic E-state index is 13.1. The maximum atomic E-state index is 13.1. The molecule has 0 fully saturated rings. The number of carboxylic acids is 1. The minimum atomic E-state index is -1.02. The van der Waals surface area contributed by atoms with E-state index in [9.17, 15) is 9.18 Å². The number of aromatic carboxylic acids is 1. The normalized spacial score (nSPS) is 11.0. The fraction of sp³-hybridized carbons (Fsp3) is 0.0714. The Hall–Kier alpha value is -2.56. The van der Waals surface area contributed by atoms with Crippen molar-refractivity contribution in [3.63, 3.8) is 0 Å². The van der Waals surface area contributed by atoms with Gasteiger partial charge in [0.1, 0.15) is 17.1 Å². The van der Waals surface area contributed by atoms with Gasteiger partial charge < -0.3 is 14.1 Å². The van der Waals surface area contributed by atoms with Gasteiger partial charge in [-0.3, -0.25) is 0 Å². The predicted octanol–water partition coefficient (Wildman–Crippen LogP) is 3.12. The topological polar surface area (TPSA) is 55.4 Å². The Kier molecular flexibility index (Phi) is 2.59. The second-order valence-electron chi connectivity index (χ2n) is 4.21. The SMILES string of the molecule is O=C(O)c1ccoc1Cn1ccc2cc(F)ccc21. The first-order valence-corrected chi connectivity index (χ1v) is 5.69. The minimum Gasteiger partial charge on any atom is -0.478 e. The molecule has 0 amide bonds. The average Bonchev–Trinajstić information content (AvgIpc) is 2.97. The van der Waals surface area contributed by atoms with E-state index in [0.717, 1.165) is 10.9 Å². The number of hydrogen-bond donors (Lipinski definition) is 1. The Morgan fingerprint density at radius 3 is 2.95 bits per heavy atom. The van der Waals surface area contributed by atoms with E-state index in [-0.39, 0.29) is 11.4 Å². The van der Waals surface area contributed by atoms with E-state index < -0.39 is 5.97 Å². The zero-order chi connectivity index (χ0) is 13.4. The number of carboxylic acid groups (broad SMARTS) is 1. The van der Waals surface area contributed by atoms with Crippen LogP contribution in [0.2, 0.25) is 0 Å². The molecule has 96 valence electrons. The summed E-state index contributed by atoms with van der Waals surface area (Å²) >= 11 is 0. The van der Waals surface area contributed by atoms with Gasteiger partial charge in [-0.25, -0.2) is 9.18 Å². The molecule has 0 aliphatic rings. The average molecular weight is 259 g/mol. The summed E-state index contributed by atoms with van der Waals surface area (Å²) < 4.78 is 20.1. The molecule has 3 rings (SSSR count). The zero-order valence-electron chi connectivity index (χ0n) is 9.84. The van der Waals surface area contributed by atoms with Crippen LogP contribution < -0.4 is 0 Å². The lowest BCUT2D eigenvalue weighted by Crippen LogP contribution is -2.03. The third kappa shape index (κ3) is 1.99. The molecule has 0 atom stereocenters. The van der Waals surface area contributed by atoms with Crippen molar-refractivity contribution in [2.75, 3.05) is 0 Å². The van der Waals surface area contributed by atoms with Crippen LogP contribution in [0.4, 0.5) is 4.39 Å². The molecule has 0 saturated heterocycles. The van der Waals surface area contributed by atoms with Crippen molar-refractivity contribution in [2.45, 2.75) is 6.54 Å². The molecule has 3 aromatic rings. The molecule has 0 unspecified atom stereocenters. The molecule has 0 saturated carbocycles. The van der Waals surface area contributed by atoms with Crippen molar-refractivity contribution >= 4 is 16.9 Å². The van der Waals surface area contributed by atoms with Gasteiger partial charge in [-0.05, 0) is 30.3 Å². The summed E-state index contributed by atoms with van der Waals surface area (Å²) in [5.74, 6) is -0.949. The van der Waals surface area contributed by atoms with Crippen molar-refractivity contribution in [1.82, 2.24) is 4.57 Å². The largest absolute Gasteiger partial charge is 0.478 e. The van der Waals surface area contributed by atoms with E-state index in [0.29, 0.717) is 12.3 Å². The van der Waals surface area contributed by atoms with Crippen LogP contribution in [0.25, 0.3) is 10.9 Å². The molecule has 0 bridgehead atoms. The second-order valence-corrected chi connectivity index (χ2v) is 4.21. The van der Waals surface area contributed by atoms with Crippen molar-refractivity contribution in [1.29, 1.82) is 0 Å². The van der Waals surface area contributed by atoms with Crippen LogP contribution in [-0.2, 0) is 6.54 Å². The number of hydrogen-bond acceptors (Lipinski definition) is 2. The summed E-state index contributed by atoms with van der Waals surface area (Å²) in [5.41, 5.74) is 0.970. The molecule has 19 heavy (non-hydrogen) atoms. The fourth-order valence-electron chi connectivity index (χ4n) is 2.12. The van der Waals surface area contributed by atoms with E-state index in [1.807, 2.05) is 4.57 Å². The van der Waals surface area contributed by atoms with Gasteiger partial charge in [-0.2, -0.15) is 0 Å². The highest BCUT2D eigenvalue weighted by Gasteiger charge is 2.14. The van der Waals surface area contributed by atoms with Crippen LogP contribution in [-0.4, -0.2) is 15.6 Å². The van der Waals surface area contributed by atoms with E-state index in [1.165, 1.54) is 24.5 Å². The zero-order valence-corrected chi connectivity index (χ0v) is 9.84. The molecular weight excluding hydrogens is 249 g/mol. The molecular formula is C14H10FNO3. The lowest BCUT2D eigenvalue weighted by atomic mass is 10.2. The first-order valence-electron chi connectivity index (χ1n) is 5.69. The third-order valence-electron chi connectivity index (χ3n) is 3.02. The molecule has 1 N–H and O–H groups in total. The highest BCUT2D eigenvalue weighted by Crippen LogP contribution is 2.20. The van der Waals surface area contributed by atoms with Gasteiger partial charge in [-0.15, -0.1) is 0 Å². The fourth-order valence-corrected chi connectivity index (χ4v) is 2.12. The first-order chi connectivity index (χ1) is 9.15. The van der Waals surface area contributed by atoms with Crippen molar-refractivity contribution in [2.24, 2.45) is 0 Å². The van der Waals surface area contributed by atoms with Gasteiger partial charge in [-0.1, -0.05) is 0 Å². The molecule has 1 aromatic carbocycles. The summed E-state index contributed by atoms with van der Waals surface area (Å²) in [6.07, 6.45) is 3.13. The molecule has 0 spiro atoms. The molecule has 0 radical (unpaired) electrons. The van der Waals surface area contributed by atoms with Gasteiger partial charge in [0.05, 0.1) is 12.8 Å². The molecule has 0 aliphatic heterocycles. The quantitative estimate of drug-likeness (QED) is 0.786. The van der Waals surface area contributed by atoms with Gasteiger partial charge in [0.2, 0.25) is 0 Å². The van der Waals surface area contributed by atoms with Gasteiger partial charge in [0.15, 0.2) is 0 Å². The number of halogens is 1. The van der Waals surface area contributed by atoms with Crippen LogP contribution >= 0.6 is 0 Å². The number of aromatic nitrogens is 1. The van der Waals surface area contributed by atoms with E-state index in [4.69, 9.17) is 9.52 Å². The third-order valence-corrected chi connectivity index (χ3v) is 3.02. The van der Waals surface area contributed by atoms with Crippen LogP contribution in [0.3, 0.4) is 0 Å². The minimum absolute atomic E-state index is 0.143. The highest BCUT2D eigenvalue weighted by atomic mass is 19.1. The molecule has 2 aromatic heterocycles. The number of carbonyl (C=O) groups is 1. The maximum Gasteiger partial charge on any atom is 0.339 e. The molecule has 4 nitrogen and oxygen atoms in total. The summed E-state index contributed by atoms with van der Waals surface area (Å²) in [6.45, 7) is 0.295. The van der Waals surface area contributed by atoms with Crippen molar-refractivity contribution in [3.05, 3.63) is 59.9 Å². The second kappa shape index (κ2) is 4.28. The lowest BCUT2D eigenvalue weighted by molar-refractivity contribution is 0.0694. The van der Waals surface area contributed by atoms with Crippen LogP contribution in [0.5, 0.6) is 0 Å². The van der Waals surface area contributed by atoms with E-state index >= 15 is 0 Å². The van der Waals surface area contributed by atoms with Crippen molar-refractivity contribution < 1.29 is 18.7 Å². The summed E-state index contributed by atoms with van der Waals surface area (Å²) in [5, 5.41) is 9.78. The van der Waals surface area contributed by atoms with Gasteiger partial charge in [0.25, 0.3) is 0 Å². The Labute approximate surface area is 107 Å². The Morgan fingerprint density at radius 2 is 2.16 bits per heavy atom. The summed E-state index contributed by atoms with van der Waals surface area (Å²) in [4.78, 5) is 11.0. The van der Waals surface area contributed by atoms with E-state index in [1.54, 1.807) is 18.3 Å². The van der Waals surface area contributed by atoms with Crippen molar-refractivity contribution in [3.8, 4) is 0 Å². The number of nitrogens with zero attached hydrogens (tertiary/aromatic N) is 1. The Morgan fingerprint density at radius 1 is 1.32 bits per heavy atom. The summed E-state index contributed by atoms with van der Waals surface area (Å²) in [6, 6.07) is 7.67. The monoisotopic (exact) mass is 259 g/mol. The van der Waals surface area contributed by atoms with Gasteiger partial charge in [0, 0.05) is 17.1 Å². The number of benzene rings is 1. The number of rotatable bonds is 3. The first kappa shape index (κ1) is 11.5. The van der Waals surface area contributed by atoms with E-state index in [2.05, 4.69) is 0 Å².